The number of benzene rings is 1. The van der Waals surface area contributed by atoms with E-state index < -0.39 is 16.0 Å². The summed E-state index contributed by atoms with van der Waals surface area (Å²) >= 11 is 0. The minimum absolute atomic E-state index is 0.0119. The van der Waals surface area contributed by atoms with Crippen LogP contribution in [-0.2, 0) is 14.8 Å². The first-order valence-corrected chi connectivity index (χ1v) is 9.38. The number of carboxylic acids is 1. The lowest BCUT2D eigenvalue weighted by atomic mass is 10.1. The minimum atomic E-state index is -3.82. The Morgan fingerprint density at radius 3 is 2.68 bits per heavy atom. The molecule has 8 nitrogen and oxygen atoms in total. The van der Waals surface area contributed by atoms with Crippen molar-refractivity contribution in [3.05, 3.63) is 42.4 Å². The molecule has 0 amide bonds. The van der Waals surface area contributed by atoms with Crippen LogP contribution in [0.4, 0.5) is 5.69 Å². The quantitative estimate of drug-likeness (QED) is 0.774. The number of aromatic carboxylic acids is 1. The molecule has 1 fully saturated rings. The molecule has 1 aromatic carbocycles. The van der Waals surface area contributed by atoms with Crippen molar-refractivity contribution in [2.24, 2.45) is 0 Å². The lowest BCUT2D eigenvalue weighted by molar-refractivity contribution is 0.0697. The van der Waals surface area contributed by atoms with Gasteiger partial charge in [-0.15, -0.1) is 0 Å². The van der Waals surface area contributed by atoms with Gasteiger partial charge in [-0.1, -0.05) is 0 Å². The molecule has 1 atom stereocenters. The second-order valence-electron chi connectivity index (χ2n) is 5.77. The zero-order chi connectivity index (χ0) is 17.9. The number of nitrogens with one attached hydrogen (secondary N) is 1. The summed E-state index contributed by atoms with van der Waals surface area (Å²) in [6.45, 7) is 0.934. The van der Waals surface area contributed by atoms with Gasteiger partial charge < -0.3 is 14.8 Å². The molecule has 1 saturated heterocycles. The van der Waals surface area contributed by atoms with E-state index in [1.807, 2.05) is 0 Å². The highest BCUT2D eigenvalue weighted by Crippen LogP contribution is 2.25. The normalized spacial score (nSPS) is 17.5. The number of aromatic amines is 1. The summed E-state index contributed by atoms with van der Waals surface area (Å²) < 4.78 is 32.7. The minimum Gasteiger partial charge on any atom is -0.478 e. The number of hydrogen-bond donors (Lipinski definition) is 2. The van der Waals surface area contributed by atoms with Gasteiger partial charge in [-0.2, -0.15) is 8.42 Å². The first-order valence-electron chi connectivity index (χ1n) is 7.94. The summed E-state index contributed by atoms with van der Waals surface area (Å²) in [7, 11) is -3.82. The molecule has 134 valence electrons. The highest BCUT2D eigenvalue weighted by molar-refractivity contribution is 7.92. The van der Waals surface area contributed by atoms with Crippen molar-refractivity contribution in [2.75, 3.05) is 17.5 Å². The number of carboxylic acid groups (broad SMARTS) is 1. The smallest absolute Gasteiger partial charge is 0.335 e. The van der Waals surface area contributed by atoms with Crippen LogP contribution in [0.25, 0.3) is 0 Å². The van der Waals surface area contributed by atoms with Crippen molar-refractivity contribution in [2.45, 2.75) is 30.4 Å². The van der Waals surface area contributed by atoms with Crippen molar-refractivity contribution < 1.29 is 23.1 Å². The van der Waals surface area contributed by atoms with E-state index in [2.05, 4.69) is 9.97 Å². The molecule has 1 aliphatic rings. The Labute approximate surface area is 145 Å². The number of hydrogen-bond acceptors (Lipinski definition) is 5. The van der Waals surface area contributed by atoms with Gasteiger partial charge in [0.25, 0.3) is 10.0 Å². The molecule has 0 saturated carbocycles. The van der Waals surface area contributed by atoms with E-state index in [1.54, 1.807) is 0 Å². The third-order valence-electron chi connectivity index (χ3n) is 4.12. The van der Waals surface area contributed by atoms with Crippen LogP contribution in [0, 0.1) is 0 Å². The summed E-state index contributed by atoms with van der Waals surface area (Å²) in [4.78, 5) is 17.4. The fraction of sp³-hybridized carbons (Fsp3) is 0.375. The lowest BCUT2D eigenvalue weighted by Crippen LogP contribution is -2.34. The average Bonchev–Trinajstić information content (AvgIpc) is 3.29. The maximum Gasteiger partial charge on any atom is 0.335 e. The summed E-state index contributed by atoms with van der Waals surface area (Å²) in [6.07, 6.45) is 5.05. The predicted molar refractivity (Wildman–Crippen MR) is 90.1 cm³/mol. The third kappa shape index (κ3) is 3.83. The van der Waals surface area contributed by atoms with E-state index in [0.29, 0.717) is 18.7 Å². The lowest BCUT2D eigenvalue weighted by Gasteiger charge is -2.25. The van der Waals surface area contributed by atoms with Crippen LogP contribution in [0.2, 0.25) is 0 Å². The van der Waals surface area contributed by atoms with Gasteiger partial charge in [-0.05, 0) is 43.5 Å². The summed E-state index contributed by atoms with van der Waals surface area (Å²) in [5, 5.41) is 9.00. The monoisotopic (exact) mass is 365 g/mol. The number of rotatable bonds is 7. The average molecular weight is 365 g/mol. The molecular weight excluding hydrogens is 346 g/mol. The first-order chi connectivity index (χ1) is 12.0. The third-order valence-corrected chi connectivity index (χ3v) is 5.87. The van der Waals surface area contributed by atoms with Gasteiger partial charge in [0.15, 0.2) is 5.03 Å². The molecule has 0 bridgehead atoms. The molecule has 2 aromatic rings. The van der Waals surface area contributed by atoms with Crippen LogP contribution in [-0.4, -0.2) is 48.7 Å². The van der Waals surface area contributed by atoms with E-state index in [-0.39, 0.29) is 23.2 Å². The van der Waals surface area contributed by atoms with Gasteiger partial charge in [-0.25, -0.2) is 9.78 Å². The molecule has 25 heavy (non-hydrogen) atoms. The van der Waals surface area contributed by atoms with Gasteiger partial charge in [0.1, 0.15) is 0 Å². The molecular formula is C16H19N3O5S. The fourth-order valence-electron chi connectivity index (χ4n) is 2.79. The van der Waals surface area contributed by atoms with Crippen LogP contribution in [0.5, 0.6) is 0 Å². The maximum atomic E-state index is 12.9. The van der Waals surface area contributed by atoms with E-state index >= 15 is 0 Å². The molecule has 1 aromatic heterocycles. The second-order valence-corrected chi connectivity index (χ2v) is 7.60. The molecule has 2 N–H and O–H groups in total. The standard InChI is InChI=1S/C16H19N3O5S/c20-16(21)12-3-5-13(6-4-12)19(8-7-14-2-1-9-24-14)25(22,23)15-10-17-11-18-15/h3-6,10-11,14H,1-2,7-9H2,(H,17,18)(H,20,21). The van der Waals surface area contributed by atoms with Gasteiger partial charge in [0, 0.05) is 13.2 Å². The van der Waals surface area contributed by atoms with E-state index in [0.717, 1.165) is 12.8 Å². The number of H-pyrrole nitrogens is 1. The maximum absolute atomic E-state index is 12.9. The topological polar surface area (TPSA) is 113 Å². The molecule has 2 heterocycles. The van der Waals surface area contributed by atoms with Gasteiger partial charge >= 0.3 is 5.97 Å². The number of carbonyl (C=O) groups is 1. The van der Waals surface area contributed by atoms with Crippen LogP contribution in [0.15, 0.2) is 41.8 Å². The van der Waals surface area contributed by atoms with Crippen LogP contribution < -0.4 is 4.31 Å². The van der Waals surface area contributed by atoms with Crippen molar-refractivity contribution in [1.82, 2.24) is 9.97 Å². The van der Waals surface area contributed by atoms with E-state index in [1.165, 1.54) is 41.1 Å². The van der Waals surface area contributed by atoms with E-state index in [4.69, 9.17) is 9.84 Å². The Morgan fingerprint density at radius 2 is 2.12 bits per heavy atom. The molecule has 1 unspecified atom stereocenters. The van der Waals surface area contributed by atoms with Crippen LogP contribution in [0.3, 0.4) is 0 Å². The predicted octanol–water partition coefficient (Wildman–Crippen LogP) is 1.87. The van der Waals surface area contributed by atoms with Gasteiger partial charge in [0.05, 0.1) is 29.9 Å². The zero-order valence-corrected chi connectivity index (χ0v) is 14.3. The summed E-state index contributed by atoms with van der Waals surface area (Å²) in [5.74, 6) is -1.06. The number of nitrogens with zero attached hydrogens (tertiary/aromatic N) is 2. The molecule has 0 radical (unpaired) electrons. The number of aromatic nitrogens is 2. The Hall–Kier alpha value is -2.39. The van der Waals surface area contributed by atoms with Crippen molar-refractivity contribution in [1.29, 1.82) is 0 Å². The molecule has 1 aliphatic heterocycles. The number of anilines is 1. The van der Waals surface area contributed by atoms with Crippen molar-refractivity contribution in [3.63, 3.8) is 0 Å². The Kier molecular flexibility index (Phi) is 5.05. The molecule has 3 rings (SSSR count). The highest BCUT2D eigenvalue weighted by atomic mass is 32.2. The highest BCUT2D eigenvalue weighted by Gasteiger charge is 2.28. The number of sulfonamides is 1. The fourth-order valence-corrected chi connectivity index (χ4v) is 4.17. The van der Waals surface area contributed by atoms with Crippen molar-refractivity contribution in [3.8, 4) is 0 Å². The van der Waals surface area contributed by atoms with Gasteiger partial charge in [-0.3, -0.25) is 4.31 Å². The largest absolute Gasteiger partial charge is 0.478 e. The number of ether oxygens (including phenoxy) is 1. The van der Waals surface area contributed by atoms with Crippen molar-refractivity contribution >= 4 is 21.7 Å². The zero-order valence-electron chi connectivity index (χ0n) is 13.5. The summed E-state index contributed by atoms with van der Waals surface area (Å²) in [5.41, 5.74) is 0.499. The SMILES string of the molecule is O=C(O)c1ccc(N(CCC2CCCO2)S(=O)(=O)c2cnc[nH]2)cc1. The van der Waals surface area contributed by atoms with Crippen LogP contribution in [0.1, 0.15) is 29.6 Å². The molecule has 9 heteroatoms. The number of imidazole rings is 1. The summed E-state index contributed by atoms with van der Waals surface area (Å²) in [6, 6.07) is 5.76. The van der Waals surface area contributed by atoms with Gasteiger partial charge in [0.2, 0.25) is 0 Å². The molecule has 0 aliphatic carbocycles. The molecule has 0 spiro atoms. The Bertz CT molecular complexity index is 812. The first kappa shape index (κ1) is 17.4. The Balaban J connectivity index is 1.89. The van der Waals surface area contributed by atoms with Crippen LogP contribution >= 0.6 is 0 Å². The Morgan fingerprint density at radius 1 is 1.36 bits per heavy atom. The van der Waals surface area contributed by atoms with E-state index in [9.17, 15) is 13.2 Å². The second kappa shape index (κ2) is 7.24.